The predicted octanol–water partition coefficient (Wildman–Crippen LogP) is 4.66. The molecule has 0 aliphatic carbocycles. The van der Waals surface area contributed by atoms with Crippen molar-refractivity contribution in [3.63, 3.8) is 0 Å². The number of aromatic nitrogens is 3. The molecule has 0 radical (unpaired) electrons. The number of carbonyl (C=O) groups is 1. The van der Waals surface area contributed by atoms with Gasteiger partial charge in [-0.2, -0.15) is 13.2 Å². The third-order valence-electron chi connectivity index (χ3n) is 4.98. The average molecular weight is 460 g/mol. The summed E-state index contributed by atoms with van der Waals surface area (Å²) in [6.45, 7) is 0.403. The van der Waals surface area contributed by atoms with E-state index in [4.69, 9.17) is 4.74 Å². The number of thioether (sulfide) groups is 1. The first-order chi connectivity index (χ1) is 15.2. The lowest BCUT2D eigenvalue weighted by atomic mass is 10.1. The summed E-state index contributed by atoms with van der Waals surface area (Å²) < 4.78 is 45.4. The van der Waals surface area contributed by atoms with Crippen LogP contribution < -0.4 is 4.74 Å². The molecule has 166 valence electrons. The summed E-state index contributed by atoms with van der Waals surface area (Å²) >= 11 is 1.05. The number of carbonyl (C=O) groups excluding carboxylic acids is 1. The van der Waals surface area contributed by atoms with Crippen LogP contribution in [0.1, 0.15) is 11.1 Å². The quantitative estimate of drug-likeness (QED) is 0.392. The lowest BCUT2D eigenvalue weighted by Gasteiger charge is -2.17. The van der Waals surface area contributed by atoms with E-state index in [2.05, 4.69) is 10.2 Å². The van der Waals surface area contributed by atoms with Gasteiger partial charge in [0.2, 0.25) is 5.91 Å². The molecule has 1 amide bonds. The molecule has 0 saturated carbocycles. The van der Waals surface area contributed by atoms with Gasteiger partial charge in [0.25, 0.3) is 0 Å². The van der Waals surface area contributed by atoms with Gasteiger partial charge in [-0.25, -0.2) is 0 Å². The molecule has 2 aromatic heterocycles. The molecule has 0 saturated heterocycles. The van der Waals surface area contributed by atoms with Gasteiger partial charge in [-0.1, -0.05) is 30.0 Å². The summed E-state index contributed by atoms with van der Waals surface area (Å²) in [4.78, 5) is 14.2. The van der Waals surface area contributed by atoms with Gasteiger partial charge in [0, 0.05) is 19.8 Å². The van der Waals surface area contributed by atoms with Crippen LogP contribution >= 0.6 is 11.8 Å². The average Bonchev–Trinajstić information content (AvgIpc) is 3.18. The van der Waals surface area contributed by atoms with Crippen LogP contribution in [0.5, 0.6) is 5.75 Å². The minimum absolute atomic E-state index is 0.0261. The second-order valence-electron chi connectivity index (χ2n) is 7.21. The fraction of sp³-hybridized carbons (Fsp3) is 0.227. The predicted molar refractivity (Wildman–Crippen MR) is 116 cm³/mol. The Morgan fingerprint density at radius 1 is 1.09 bits per heavy atom. The highest BCUT2D eigenvalue weighted by atomic mass is 32.2. The van der Waals surface area contributed by atoms with Crippen molar-refractivity contribution < 1.29 is 22.7 Å². The Labute approximate surface area is 186 Å². The van der Waals surface area contributed by atoms with Crippen LogP contribution in [-0.4, -0.2) is 45.3 Å². The Kier molecular flexibility index (Phi) is 5.96. The molecule has 0 unspecified atom stereocenters. The summed E-state index contributed by atoms with van der Waals surface area (Å²) in [7, 11) is 3.30. The lowest BCUT2D eigenvalue weighted by Crippen LogP contribution is -2.27. The first-order valence-corrected chi connectivity index (χ1v) is 10.6. The van der Waals surface area contributed by atoms with Crippen LogP contribution in [0.3, 0.4) is 0 Å². The van der Waals surface area contributed by atoms with E-state index in [-0.39, 0.29) is 22.5 Å². The van der Waals surface area contributed by atoms with E-state index in [9.17, 15) is 18.0 Å². The number of rotatable bonds is 6. The van der Waals surface area contributed by atoms with Crippen molar-refractivity contribution in [1.82, 2.24) is 19.5 Å². The van der Waals surface area contributed by atoms with Crippen molar-refractivity contribution in [2.75, 3.05) is 19.9 Å². The van der Waals surface area contributed by atoms with Crippen molar-refractivity contribution >= 4 is 34.1 Å². The molecule has 0 atom stereocenters. The molecule has 2 heterocycles. The Balaban J connectivity index is 1.42. The largest absolute Gasteiger partial charge is 0.497 e. The lowest BCUT2D eigenvalue weighted by molar-refractivity contribution is -0.138. The second-order valence-corrected chi connectivity index (χ2v) is 8.15. The van der Waals surface area contributed by atoms with Gasteiger partial charge in [0.05, 0.1) is 18.4 Å². The minimum Gasteiger partial charge on any atom is -0.497 e. The van der Waals surface area contributed by atoms with E-state index in [0.29, 0.717) is 6.54 Å². The normalized spacial score (nSPS) is 11.8. The SMILES string of the molecule is COc1ccc2cc(CN(C)C(=O)CSc3nnc4ccc(C(F)(F)F)cn34)ccc2c1. The number of halogens is 3. The molecule has 32 heavy (non-hydrogen) atoms. The maximum Gasteiger partial charge on any atom is 0.417 e. The molecule has 0 aliphatic heterocycles. The Bertz CT molecular complexity index is 1290. The van der Waals surface area contributed by atoms with Gasteiger partial charge in [-0.15, -0.1) is 10.2 Å². The summed E-state index contributed by atoms with van der Waals surface area (Å²) in [6, 6.07) is 13.9. The monoisotopic (exact) mass is 460 g/mol. The molecule has 0 spiro atoms. The van der Waals surface area contributed by atoms with Crippen molar-refractivity contribution in [2.45, 2.75) is 17.9 Å². The molecule has 6 nitrogen and oxygen atoms in total. The van der Waals surface area contributed by atoms with Crippen molar-refractivity contribution in [3.05, 3.63) is 65.9 Å². The third-order valence-corrected chi connectivity index (χ3v) is 5.91. The number of alkyl halides is 3. The van der Waals surface area contributed by atoms with Gasteiger partial charge in [-0.05, 0) is 46.7 Å². The number of amides is 1. The van der Waals surface area contributed by atoms with Gasteiger partial charge < -0.3 is 9.64 Å². The molecule has 0 aliphatic rings. The van der Waals surface area contributed by atoms with E-state index in [1.54, 1.807) is 19.1 Å². The van der Waals surface area contributed by atoms with Crippen LogP contribution in [0.4, 0.5) is 13.2 Å². The number of ether oxygens (including phenoxy) is 1. The topological polar surface area (TPSA) is 59.7 Å². The zero-order chi connectivity index (χ0) is 22.9. The number of nitrogens with zero attached hydrogens (tertiary/aromatic N) is 4. The second kappa shape index (κ2) is 8.70. The highest BCUT2D eigenvalue weighted by molar-refractivity contribution is 7.99. The molecule has 0 bridgehead atoms. The molecule has 10 heteroatoms. The fourth-order valence-electron chi connectivity index (χ4n) is 3.23. The highest BCUT2D eigenvalue weighted by Gasteiger charge is 2.31. The first kappa shape index (κ1) is 21.9. The third kappa shape index (κ3) is 4.64. The zero-order valence-electron chi connectivity index (χ0n) is 17.3. The van der Waals surface area contributed by atoms with Gasteiger partial charge in [0.15, 0.2) is 10.8 Å². The maximum absolute atomic E-state index is 13.0. The number of pyridine rings is 1. The standard InChI is InChI=1S/C22H19F3N4O2S/c1-28(11-14-3-4-16-10-18(31-2)7-5-15(16)9-14)20(30)13-32-21-27-26-19-8-6-17(12-29(19)21)22(23,24)25/h3-10,12H,11,13H2,1-2H3. The number of fused-ring (bicyclic) bond motifs is 2. The van der Waals surface area contributed by atoms with Gasteiger partial charge in [0.1, 0.15) is 5.75 Å². The van der Waals surface area contributed by atoms with Crippen LogP contribution in [0.15, 0.2) is 59.9 Å². The zero-order valence-corrected chi connectivity index (χ0v) is 18.1. The molecule has 4 aromatic rings. The summed E-state index contributed by atoms with van der Waals surface area (Å²) in [5.74, 6) is 0.629. The summed E-state index contributed by atoms with van der Waals surface area (Å²) in [5.41, 5.74) is 0.448. The van der Waals surface area contributed by atoms with Crippen molar-refractivity contribution in [2.24, 2.45) is 0 Å². The summed E-state index contributed by atoms with van der Waals surface area (Å²) in [5, 5.41) is 10.1. The Morgan fingerprint density at radius 2 is 1.84 bits per heavy atom. The van der Waals surface area contributed by atoms with Gasteiger partial charge in [-0.3, -0.25) is 9.20 Å². The van der Waals surface area contributed by atoms with Crippen LogP contribution in [-0.2, 0) is 17.5 Å². The number of benzene rings is 2. The van der Waals surface area contributed by atoms with Crippen molar-refractivity contribution in [3.8, 4) is 5.75 Å². The highest BCUT2D eigenvalue weighted by Crippen LogP contribution is 2.30. The molecule has 2 aromatic carbocycles. The van der Waals surface area contributed by atoms with Gasteiger partial charge >= 0.3 is 6.18 Å². The number of methoxy groups -OCH3 is 1. The smallest absolute Gasteiger partial charge is 0.417 e. The van der Waals surface area contributed by atoms with Crippen LogP contribution in [0.25, 0.3) is 16.4 Å². The van der Waals surface area contributed by atoms with E-state index < -0.39 is 11.7 Å². The molecule has 0 N–H and O–H groups in total. The molecule has 4 rings (SSSR count). The molecular formula is C22H19F3N4O2S. The Hall–Kier alpha value is -3.27. The van der Waals surface area contributed by atoms with Crippen molar-refractivity contribution in [1.29, 1.82) is 0 Å². The minimum atomic E-state index is -4.47. The fourth-order valence-corrected chi connectivity index (χ4v) is 4.09. The number of hydrogen-bond acceptors (Lipinski definition) is 5. The molecule has 0 fully saturated rings. The summed E-state index contributed by atoms with van der Waals surface area (Å²) in [6.07, 6.45) is -3.53. The maximum atomic E-state index is 13.0. The molecular weight excluding hydrogens is 441 g/mol. The van der Waals surface area contributed by atoms with E-state index in [1.165, 1.54) is 10.5 Å². The Morgan fingerprint density at radius 3 is 2.59 bits per heavy atom. The van der Waals surface area contributed by atoms with E-state index in [1.807, 2.05) is 36.4 Å². The van der Waals surface area contributed by atoms with E-state index in [0.717, 1.165) is 46.1 Å². The van der Waals surface area contributed by atoms with Crippen LogP contribution in [0, 0.1) is 0 Å². The van der Waals surface area contributed by atoms with E-state index >= 15 is 0 Å². The first-order valence-electron chi connectivity index (χ1n) is 9.60. The number of hydrogen-bond donors (Lipinski definition) is 0. The van der Waals surface area contributed by atoms with Crippen LogP contribution in [0.2, 0.25) is 0 Å².